The van der Waals surface area contributed by atoms with E-state index in [0.29, 0.717) is 12.1 Å². The van der Waals surface area contributed by atoms with Crippen LogP contribution >= 0.6 is 0 Å². The summed E-state index contributed by atoms with van der Waals surface area (Å²) in [5.74, 6) is -1.25. The maximum Gasteiger partial charge on any atom is 0.355 e. The number of ether oxygens (including phenoxy) is 1. The van der Waals surface area contributed by atoms with E-state index in [4.69, 9.17) is 4.74 Å². The van der Waals surface area contributed by atoms with Gasteiger partial charge in [0, 0.05) is 36.5 Å². The molecule has 4 heterocycles. The highest BCUT2D eigenvalue weighted by Crippen LogP contribution is 2.47. The molecule has 2 fully saturated rings. The van der Waals surface area contributed by atoms with Gasteiger partial charge in [-0.15, -0.1) is 0 Å². The van der Waals surface area contributed by atoms with Gasteiger partial charge in [0.2, 0.25) is 5.91 Å². The summed E-state index contributed by atoms with van der Waals surface area (Å²) in [6, 6.07) is 12.2. The summed E-state index contributed by atoms with van der Waals surface area (Å²) in [5.41, 5.74) is 4.38. The second kappa shape index (κ2) is 9.66. The minimum Gasteiger partial charge on any atom is -0.457 e. The molecule has 1 aromatic carbocycles. The second-order valence-corrected chi connectivity index (χ2v) is 9.58. The lowest BCUT2D eigenvalue weighted by atomic mass is 9.82. The molecule has 7 nitrogen and oxygen atoms in total. The minimum absolute atomic E-state index is 0.0782. The minimum atomic E-state index is -0.759. The van der Waals surface area contributed by atoms with Gasteiger partial charge in [0.05, 0.1) is 18.1 Å². The van der Waals surface area contributed by atoms with Crippen LogP contribution < -0.4 is 9.47 Å². The van der Waals surface area contributed by atoms with E-state index in [1.54, 1.807) is 6.92 Å². The topological polar surface area (TPSA) is 74.0 Å². The van der Waals surface area contributed by atoms with Gasteiger partial charge in [-0.2, -0.15) is 0 Å². The van der Waals surface area contributed by atoms with Gasteiger partial charge in [0.1, 0.15) is 12.3 Å². The third-order valence-corrected chi connectivity index (χ3v) is 7.27. The number of benzene rings is 1. The predicted octanol–water partition coefficient (Wildman–Crippen LogP) is 2.67. The fourth-order valence-electron chi connectivity index (χ4n) is 5.48. The molecule has 3 aliphatic heterocycles. The number of fused-ring (bicyclic) bond motifs is 1. The first kappa shape index (κ1) is 23.3. The van der Waals surface area contributed by atoms with Crippen molar-refractivity contribution in [2.75, 3.05) is 24.6 Å². The molecule has 0 radical (unpaired) electrons. The number of amides is 1. The molecular formula is C28H32N3O4+. The summed E-state index contributed by atoms with van der Waals surface area (Å²) < 4.78 is 7.45. The van der Waals surface area contributed by atoms with Gasteiger partial charge in [-0.05, 0) is 37.3 Å². The number of anilines is 1. The second-order valence-electron chi connectivity index (χ2n) is 9.58. The van der Waals surface area contributed by atoms with E-state index in [0.717, 1.165) is 36.3 Å². The van der Waals surface area contributed by atoms with Gasteiger partial charge in [0.15, 0.2) is 18.9 Å². The van der Waals surface area contributed by atoms with Gasteiger partial charge >= 0.3 is 5.97 Å². The van der Waals surface area contributed by atoms with Gasteiger partial charge < -0.3 is 19.6 Å². The SMILES string of the molecule is C=CCOC(=O)C1=C(c2ccc(C[n+]3ccc(N4CCCC4)cc3)cc2)C[C@@H]2[C@@H]([C@@H](C)O)C(=O)N12. The van der Waals surface area contributed by atoms with Crippen molar-refractivity contribution in [1.29, 1.82) is 0 Å². The number of hydrogen-bond acceptors (Lipinski definition) is 5. The number of rotatable bonds is 8. The fourth-order valence-corrected chi connectivity index (χ4v) is 5.48. The molecule has 0 spiro atoms. The highest BCUT2D eigenvalue weighted by atomic mass is 16.5. The molecular weight excluding hydrogens is 442 g/mol. The number of pyridine rings is 1. The zero-order chi connectivity index (χ0) is 24.5. The normalized spacial score (nSPS) is 22.2. The Morgan fingerprint density at radius 2 is 1.89 bits per heavy atom. The first-order valence-electron chi connectivity index (χ1n) is 12.3. The van der Waals surface area contributed by atoms with Crippen molar-refractivity contribution in [2.24, 2.45) is 5.92 Å². The van der Waals surface area contributed by atoms with Crippen molar-refractivity contribution in [3.05, 3.63) is 78.3 Å². The molecule has 0 aliphatic carbocycles. The molecule has 1 aromatic heterocycles. The summed E-state index contributed by atoms with van der Waals surface area (Å²) in [5, 5.41) is 10.1. The summed E-state index contributed by atoms with van der Waals surface area (Å²) in [7, 11) is 0. The average molecular weight is 475 g/mol. The van der Waals surface area contributed by atoms with Gasteiger partial charge in [-0.25, -0.2) is 9.36 Å². The Hall–Kier alpha value is -3.45. The molecule has 2 aromatic rings. The molecule has 0 unspecified atom stereocenters. The quantitative estimate of drug-likeness (QED) is 0.276. The molecule has 0 saturated carbocycles. The number of esters is 1. The van der Waals surface area contributed by atoms with E-state index in [9.17, 15) is 14.7 Å². The Bertz CT molecular complexity index is 1150. The number of β-lactam (4-membered cyclic amide) rings is 1. The molecule has 5 rings (SSSR count). The zero-order valence-electron chi connectivity index (χ0n) is 20.1. The summed E-state index contributed by atoms with van der Waals surface area (Å²) >= 11 is 0. The lowest BCUT2D eigenvalue weighted by Crippen LogP contribution is -2.61. The lowest BCUT2D eigenvalue weighted by molar-refractivity contribution is -0.688. The van der Waals surface area contributed by atoms with Crippen molar-refractivity contribution < 1.29 is 24.0 Å². The molecule has 0 bridgehead atoms. The van der Waals surface area contributed by atoms with Crippen LogP contribution in [0.1, 0.15) is 37.3 Å². The van der Waals surface area contributed by atoms with E-state index in [-0.39, 0.29) is 18.6 Å². The summed E-state index contributed by atoms with van der Waals surface area (Å²) in [6.45, 7) is 8.30. The maximum absolute atomic E-state index is 12.8. The molecule has 3 atom stereocenters. The Balaban J connectivity index is 1.34. The molecule has 2 saturated heterocycles. The summed E-state index contributed by atoms with van der Waals surface area (Å²) in [6.07, 6.45) is 8.01. The average Bonchev–Trinajstić information content (AvgIpc) is 3.50. The van der Waals surface area contributed by atoms with Gasteiger partial charge in [-0.1, -0.05) is 36.9 Å². The standard InChI is InChI=1S/C28H32N3O4/c1-3-16-35-28(34)26-23(17-24-25(19(2)32)27(33)31(24)26)21-8-6-20(7-9-21)18-29-14-10-22(11-15-29)30-12-4-5-13-30/h3,6-11,14-15,19,24-25,32H,1,4-5,12-13,16-18H2,2H3/q+1/t19-,24-,25-/m1/s1. The number of aromatic nitrogens is 1. The number of hydrogen-bond donors (Lipinski definition) is 1. The Kier molecular flexibility index (Phi) is 6.43. The number of aliphatic hydroxyl groups is 1. The number of carbonyl (C=O) groups is 2. The van der Waals surface area contributed by atoms with E-state index in [1.807, 2.05) is 12.1 Å². The molecule has 182 valence electrons. The monoisotopic (exact) mass is 474 g/mol. The first-order chi connectivity index (χ1) is 17.0. The van der Waals surface area contributed by atoms with Crippen LogP contribution in [-0.2, 0) is 20.9 Å². The fraction of sp³-hybridized carbons (Fsp3) is 0.393. The van der Waals surface area contributed by atoms with Crippen LogP contribution in [0.3, 0.4) is 0 Å². The van der Waals surface area contributed by atoms with Crippen molar-refractivity contribution >= 4 is 23.1 Å². The number of aliphatic hydroxyl groups excluding tert-OH is 1. The van der Waals surface area contributed by atoms with E-state index < -0.39 is 18.0 Å². The van der Waals surface area contributed by atoms with Crippen LogP contribution in [0.25, 0.3) is 5.57 Å². The highest BCUT2D eigenvalue weighted by Gasteiger charge is 2.57. The van der Waals surface area contributed by atoms with E-state index in [1.165, 1.54) is 29.5 Å². The Labute approximate surface area is 205 Å². The van der Waals surface area contributed by atoms with Crippen molar-refractivity contribution in [1.82, 2.24) is 4.90 Å². The van der Waals surface area contributed by atoms with Crippen LogP contribution in [0.15, 0.2) is 67.1 Å². The third-order valence-electron chi connectivity index (χ3n) is 7.27. The van der Waals surface area contributed by atoms with Crippen LogP contribution in [0.4, 0.5) is 5.69 Å². The number of nitrogens with zero attached hydrogens (tertiary/aromatic N) is 3. The van der Waals surface area contributed by atoms with Gasteiger partial charge in [-0.3, -0.25) is 4.79 Å². The maximum atomic E-state index is 12.8. The highest BCUT2D eigenvalue weighted by molar-refractivity contribution is 6.06. The van der Waals surface area contributed by atoms with Crippen LogP contribution in [0, 0.1) is 5.92 Å². The van der Waals surface area contributed by atoms with E-state index >= 15 is 0 Å². The first-order valence-corrected chi connectivity index (χ1v) is 12.3. The lowest BCUT2D eigenvalue weighted by Gasteiger charge is -2.44. The third kappa shape index (κ3) is 4.36. The zero-order valence-corrected chi connectivity index (χ0v) is 20.1. The smallest absolute Gasteiger partial charge is 0.355 e. The number of carbonyl (C=O) groups excluding carboxylic acids is 2. The molecule has 3 aliphatic rings. The van der Waals surface area contributed by atoms with E-state index in [2.05, 4.69) is 52.7 Å². The molecule has 35 heavy (non-hydrogen) atoms. The van der Waals surface area contributed by atoms with Crippen molar-refractivity contribution in [3.63, 3.8) is 0 Å². The predicted molar refractivity (Wildman–Crippen MR) is 132 cm³/mol. The van der Waals surface area contributed by atoms with Crippen molar-refractivity contribution in [2.45, 2.75) is 44.9 Å². The van der Waals surface area contributed by atoms with Crippen LogP contribution in [-0.4, -0.2) is 53.7 Å². The Morgan fingerprint density at radius 1 is 1.20 bits per heavy atom. The largest absolute Gasteiger partial charge is 0.457 e. The Morgan fingerprint density at radius 3 is 2.51 bits per heavy atom. The van der Waals surface area contributed by atoms with Gasteiger partial charge in [0.25, 0.3) is 0 Å². The summed E-state index contributed by atoms with van der Waals surface area (Å²) in [4.78, 5) is 29.5. The molecule has 1 amide bonds. The molecule has 1 N–H and O–H groups in total. The van der Waals surface area contributed by atoms with Crippen LogP contribution in [0.5, 0.6) is 0 Å². The molecule has 7 heteroatoms. The van der Waals surface area contributed by atoms with Crippen LogP contribution in [0.2, 0.25) is 0 Å². The van der Waals surface area contributed by atoms with Crippen molar-refractivity contribution in [3.8, 4) is 0 Å².